The number of likely N-dealkylation sites (N-methyl/N-ethyl adjacent to an activating group) is 1. The van der Waals surface area contributed by atoms with E-state index >= 15 is 0 Å². The van der Waals surface area contributed by atoms with E-state index in [0.29, 0.717) is 18.7 Å². The van der Waals surface area contributed by atoms with Crippen LogP contribution in [0.15, 0.2) is 24.4 Å². The number of hydrogen-bond donors (Lipinski definition) is 2. The van der Waals surface area contributed by atoms with Crippen molar-refractivity contribution in [3.05, 3.63) is 47.3 Å². The van der Waals surface area contributed by atoms with Crippen molar-refractivity contribution in [1.29, 1.82) is 0 Å². The van der Waals surface area contributed by atoms with Gasteiger partial charge < -0.3 is 15.5 Å². The Morgan fingerprint density at radius 3 is 2.93 bits per heavy atom. The zero-order valence-corrected chi connectivity index (χ0v) is 14.9. The number of benzene rings is 1. The van der Waals surface area contributed by atoms with E-state index in [-0.39, 0.29) is 30.1 Å². The molecule has 0 aliphatic carbocycles. The lowest BCUT2D eigenvalue weighted by Crippen LogP contribution is -2.38. The highest BCUT2D eigenvalue weighted by Gasteiger charge is 2.30. The lowest BCUT2D eigenvalue weighted by molar-refractivity contribution is -0.122. The van der Waals surface area contributed by atoms with Gasteiger partial charge in [-0.05, 0) is 18.6 Å². The van der Waals surface area contributed by atoms with Gasteiger partial charge in [0.25, 0.3) is 5.91 Å². The lowest BCUT2D eigenvalue weighted by Gasteiger charge is -2.16. The quantitative estimate of drug-likeness (QED) is 0.790. The van der Waals surface area contributed by atoms with Gasteiger partial charge in [-0.25, -0.2) is 13.5 Å². The fourth-order valence-electron chi connectivity index (χ4n) is 3.05. The summed E-state index contributed by atoms with van der Waals surface area (Å²) in [5.41, 5.74) is 0.171. The van der Waals surface area contributed by atoms with Crippen LogP contribution in [-0.4, -0.2) is 58.4 Å². The van der Waals surface area contributed by atoms with Gasteiger partial charge >= 0.3 is 0 Å². The standard InChI is InChI=1S/C17H20F2N6O2/c1-20-16(26)14-6-11(7-21-14)25-9-10(22-23-25)8-24(2)17(27)12-4-3-5-13(18)15(12)19/h3-5,9,11,14,21H,6-8H2,1-2H3,(H,20,26)/t11-,14-/m0/s1. The van der Waals surface area contributed by atoms with Crippen LogP contribution in [0.2, 0.25) is 0 Å². The molecule has 2 N–H and O–H groups in total. The Hall–Kier alpha value is -2.88. The van der Waals surface area contributed by atoms with Crippen molar-refractivity contribution in [1.82, 2.24) is 30.5 Å². The van der Waals surface area contributed by atoms with Crippen LogP contribution in [0.5, 0.6) is 0 Å². The topological polar surface area (TPSA) is 92.2 Å². The summed E-state index contributed by atoms with van der Waals surface area (Å²) in [5.74, 6) is -2.97. The number of carbonyl (C=O) groups is 2. The molecule has 2 heterocycles. The number of hydrogen-bond acceptors (Lipinski definition) is 5. The Morgan fingerprint density at radius 2 is 2.19 bits per heavy atom. The van der Waals surface area contributed by atoms with E-state index in [2.05, 4.69) is 20.9 Å². The zero-order valence-electron chi connectivity index (χ0n) is 14.9. The van der Waals surface area contributed by atoms with Crippen molar-refractivity contribution in [2.75, 3.05) is 20.6 Å². The molecule has 1 aromatic carbocycles. The fourth-order valence-corrected chi connectivity index (χ4v) is 3.05. The first kappa shape index (κ1) is 18.9. The third-order valence-electron chi connectivity index (χ3n) is 4.53. The van der Waals surface area contributed by atoms with Gasteiger partial charge in [0.2, 0.25) is 5.91 Å². The monoisotopic (exact) mass is 378 g/mol. The first-order valence-electron chi connectivity index (χ1n) is 8.46. The van der Waals surface area contributed by atoms with Crippen molar-refractivity contribution in [3.8, 4) is 0 Å². The summed E-state index contributed by atoms with van der Waals surface area (Å²) < 4.78 is 28.8. The molecule has 2 atom stereocenters. The number of nitrogens with zero attached hydrogens (tertiary/aromatic N) is 4. The third-order valence-corrected chi connectivity index (χ3v) is 4.53. The maximum atomic E-state index is 13.8. The third kappa shape index (κ3) is 3.95. The van der Waals surface area contributed by atoms with Crippen molar-refractivity contribution >= 4 is 11.8 Å². The Balaban J connectivity index is 1.64. The van der Waals surface area contributed by atoms with Gasteiger partial charge in [-0.3, -0.25) is 9.59 Å². The molecule has 3 rings (SSSR count). The van der Waals surface area contributed by atoms with Crippen molar-refractivity contribution < 1.29 is 18.4 Å². The molecule has 0 bridgehead atoms. The number of carbonyl (C=O) groups excluding carboxylic acids is 2. The highest BCUT2D eigenvalue weighted by molar-refractivity contribution is 5.94. The molecule has 27 heavy (non-hydrogen) atoms. The van der Waals surface area contributed by atoms with Gasteiger partial charge in [0.1, 0.15) is 5.69 Å². The van der Waals surface area contributed by atoms with Crippen LogP contribution < -0.4 is 10.6 Å². The molecule has 10 heteroatoms. The van der Waals surface area contributed by atoms with E-state index in [1.54, 1.807) is 17.9 Å². The summed E-state index contributed by atoms with van der Waals surface area (Å²) >= 11 is 0. The minimum absolute atomic E-state index is 0.0322. The average molecular weight is 378 g/mol. The van der Waals surface area contributed by atoms with E-state index in [0.717, 1.165) is 6.07 Å². The number of halogens is 2. The maximum Gasteiger partial charge on any atom is 0.257 e. The highest BCUT2D eigenvalue weighted by Crippen LogP contribution is 2.19. The predicted octanol–water partition coefficient (Wildman–Crippen LogP) is 0.477. The second-order valence-corrected chi connectivity index (χ2v) is 6.42. The fraction of sp³-hybridized carbons (Fsp3) is 0.412. The summed E-state index contributed by atoms with van der Waals surface area (Å²) in [6, 6.07) is 3.16. The SMILES string of the molecule is CNC(=O)[C@@H]1C[C@H](n2cc(CN(C)C(=O)c3cccc(F)c3F)nn2)CN1. The van der Waals surface area contributed by atoms with Crippen LogP contribution >= 0.6 is 0 Å². The Kier molecular flexibility index (Phi) is 5.45. The lowest BCUT2D eigenvalue weighted by atomic mass is 10.1. The molecule has 1 fully saturated rings. The Labute approximate surface area is 154 Å². The summed E-state index contributed by atoms with van der Waals surface area (Å²) in [4.78, 5) is 25.3. The molecule has 8 nitrogen and oxygen atoms in total. The zero-order chi connectivity index (χ0) is 19.6. The second kappa shape index (κ2) is 7.78. The van der Waals surface area contributed by atoms with Gasteiger partial charge in [0.05, 0.1) is 30.4 Å². The van der Waals surface area contributed by atoms with Gasteiger partial charge in [0.15, 0.2) is 11.6 Å². The number of aromatic nitrogens is 3. The summed E-state index contributed by atoms with van der Waals surface area (Å²) in [7, 11) is 3.06. The minimum atomic E-state index is -1.17. The molecule has 0 unspecified atom stereocenters. The number of amides is 2. The molecule has 0 radical (unpaired) electrons. The first-order chi connectivity index (χ1) is 12.9. The van der Waals surface area contributed by atoms with Crippen LogP contribution in [0.3, 0.4) is 0 Å². The summed E-state index contributed by atoms with van der Waals surface area (Å²) in [6.45, 7) is 0.665. The van der Waals surface area contributed by atoms with Gasteiger partial charge in [-0.1, -0.05) is 11.3 Å². The van der Waals surface area contributed by atoms with E-state index in [1.165, 1.54) is 24.1 Å². The molecule has 1 aliphatic heterocycles. The molecule has 1 saturated heterocycles. The van der Waals surface area contributed by atoms with E-state index in [1.807, 2.05) is 0 Å². The molecule has 144 valence electrons. The van der Waals surface area contributed by atoms with Crippen LogP contribution in [0.4, 0.5) is 8.78 Å². The average Bonchev–Trinajstić information content (AvgIpc) is 3.32. The second-order valence-electron chi connectivity index (χ2n) is 6.42. The molecule has 2 amide bonds. The van der Waals surface area contributed by atoms with Crippen molar-refractivity contribution in [2.24, 2.45) is 0 Å². The molecule has 0 spiro atoms. The van der Waals surface area contributed by atoms with Crippen LogP contribution in [0, 0.1) is 11.6 Å². The van der Waals surface area contributed by atoms with E-state index in [9.17, 15) is 18.4 Å². The van der Waals surface area contributed by atoms with Gasteiger partial charge in [-0.15, -0.1) is 5.10 Å². The van der Waals surface area contributed by atoms with E-state index < -0.39 is 17.5 Å². The Morgan fingerprint density at radius 1 is 1.41 bits per heavy atom. The molecule has 2 aromatic rings. The van der Waals surface area contributed by atoms with E-state index in [4.69, 9.17) is 0 Å². The minimum Gasteiger partial charge on any atom is -0.358 e. The summed E-state index contributed by atoms with van der Waals surface area (Å²) in [5, 5.41) is 13.8. The summed E-state index contributed by atoms with van der Waals surface area (Å²) in [6.07, 6.45) is 2.26. The number of nitrogens with one attached hydrogen (secondary N) is 2. The molecule has 1 aliphatic rings. The normalized spacial score (nSPS) is 19.1. The first-order valence-corrected chi connectivity index (χ1v) is 8.46. The van der Waals surface area contributed by atoms with Crippen LogP contribution in [0.1, 0.15) is 28.5 Å². The van der Waals surface area contributed by atoms with Crippen LogP contribution in [0.25, 0.3) is 0 Å². The molecule has 1 aromatic heterocycles. The number of rotatable bonds is 5. The maximum absolute atomic E-state index is 13.8. The largest absolute Gasteiger partial charge is 0.358 e. The molecular formula is C17H20F2N6O2. The van der Waals surface area contributed by atoms with Gasteiger partial charge in [0, 0.05) is 20.6 Å². The highest BCUT2D eigenvalue weighted by atomic mass is 19.2. The predicted molar refractivity (Wildman–Crippen MR) is 91.7 cm³/mol. The van der Waals surface area contributed by atoms with Crippen LogP contribution in [-0.2, 0) is 11.3 Å². The molecular weight excluding hydrogens is 358 g/mol. The van der Waals surface area contributed by atoms with Gasteiger partial charge in [-0.2, -0.15) is 0 Å². The Bertz CT molecular complexity index is 856. The van der Waals surface area contributed by atoms with Crippen molar-refractivity contribution in [3.63, 3.8) is 0 Å². The smallest absolute Gasteiger partial charge is 0.257 e. The van der Waals surface area contributed by atoms with Crippen molar-refractivity contribution in [2.45, 2.75) is 25.0 Å². The molecule has 0 saturated carbocycles.